The maximum absolute atomic E-state index is 12.2. The van der Waals surface area contributed by atoms with Gasteiger partial charge in [0.05, 0.1) is 30.9 Å². The van der Waals surface area contributed by atoms with E-state index in [9.17, 15) is 9.59 Å². The van der Waals surface area contributed by atoms with Crippen molar-refractivity contribution >= 4 is 27.8 Å². The number of esters is 1. The number of methoxy groups -OCH3 is 2. The molecular weight excluding hydrogens is 378 g/mol. The summed E-state index contributed by atoms with van der Waals surface area (Å²) in [6.45, 7) is 4.03. The van der Waals surface area contributed by atoms with Crippen LogP contribution in [0.15, 0.2) is 27.9 Å². The van der Waals surface area contributed by atoms with Crippen LogP contribution in [0.5, 0.6) is 11.5 Å². The molecule has 0 bridgehead atoms. The van der Waals surface area contributed by atoms with E-state index in [4.69, 9.17) is 14.2 Å². The summed E-state index contributed by atoms with van der Waals surface area (Å²) in [4.78, 5) is 24.2. The van der Waals surface area contributed by atoms with Crippen molar-refractivity contribution in [3.8, 4) is 11.5 Å². The first kappa shape index (κ1) is 18.3. The van der Waals surface area contributed by atoms with Crippen LogP contribution in [0.25, 0.3) is 0 Å². The third kappa shape index (κ3) is 3.56. The molecule has 1 aromatic rings. The Morgan fingerprint density at radius 2 is 2.08 bits per heavy atom. The van der Waals surface area contributed by atoms with Crippen molar-refractivity contribution in [2.24, 2.45) is 0 Å². The quantitative estimate of drug-likeness (QED) is 0.773. The minimum absolute atomic E-state index is 0.143. The van der Waals surface area contributed by atoms with E-state index in [1.54, 1.807) is 20.1 Å². The highest BCUT2D eigenvalue weighted by Gasteiger charge is 2.33. The Morgan fingerprint density at radius 3 is 2.67 bits per heavy atom. The summed E-state index contributed by atoms with van der Waals surface area (Å²) >= 11 is 3.46. The summed E-state index contributed by atoms with van der Waals surface area (Å²) in [6.07, 6.45) is 0.159. The lowest BCUT2D eigenvalue weighted by molar-refractivity contribution is -0.136. The third-order valence-electron chi connectivity index (χ3n) is 3.81. The Bertz CT molecular complexity index is 698. The molecular formula is C17H20BrNO5. The van der Waals surface area contributed by atoms with Crippen LogP contribution in [0.1, 0.15) is 31.7 Å². The average molecular weight is 398 g/mol. The van der Waals surface area contributed by atoms with E-state index in [0.29, 0.717) is 33.8 Å². The van der Waals surface area contributed by atoms with E-state index >= 15 is 0 Å². The molecule has 7 heteroatoms. The SMILES string of the molecule is CCOc1cc(C2CC(=O)NC(C)=C2C(=O)OC)cc(Br)c1OC. The Hall–Kier alpha value is -2.02. The fourth-order valence-electron chi connectivity index (χ4n) is 2.82. The molecule has 0 aliphatic carbocycles. The van der Waals surface area contributed by atoms with Gasteiger partial charge in [-0.15, -0.1) is 0 Å². The molecule has 0 spiro atoms. The van der Waals surface area contributed by atoms with E-state index in [1.165, 1.54) is 7.11 Å². The third-order valence-corrected chi connectivity index (χ3v) is 4.40. The van der Waals surface area contributed by atoms with Gasteiger partial charge < -0.3 is 19.5 Å². The molecule has 1 amide bonds. The van der Waals surface area contributed by atoms with Crippen LogP contribution in [0, 0.1) is 0 Å². The molecule has 0 aromatic heterocycles. The number of halogens is 1. The molecule has 1 aromatic carbocycles. The highest BCUT2D eigenvalue weighted by Crippen LogP contribution is 2.42. The van der Waals surface area contributed by atoms with Crippen LogP contribution in [0.4, 0.5) is 0 Å². The Balaban J connectivity index is 2.57. The molecule has 6 nitrogen and oxygen atoms in total. The summed E-state index contributed by atoms with van der Waals surface area (Å²) in [7, 11) is 2.88. The van der Waals surface area contributed by atoms with Gasteiger partial charge >= 0.3 is 5.97 Å². The lowest BCUT2D eigenvalue weighted by atomic mass is 9.84. The lowest BCUT2D eigenvalue weighted by Gasteiger charge is -2.27. The Kier molecular flexibility index (Phi) is 5.88. The van der Waals surface area contributed by atoms with Gasteiger partial charge in [0.15, 0.2) is 11.5 Å². The molecule has 1 aliphatic heterocycles. The van der Waals surface area contributed by atoms with Gasteiger partial charge in [-0.2, -0.15) is 0 Å². The summed E-state index contributed by atoms with van der Waals surface area (Å²) in [5.74, 6) is 0.114. The van der Waals surface area contributed by atoms with Crippen molar-refractivity contribution in [2.45, 2.75) is 26.2 Å². The van der Waals surface area contributed by atoms with E-state index in [-0.39, 0.29) is 12.3 Å². The van der Waals surface area contributed by atoms with E-state index in [1.807, 2.05) is 13.0 Å². The second-order valence-electron chi connectivity index (χ2n) is 5.30. The van der Waals surface area contributed by atoms with Gasteiger partial charge in [-0.25, -0.2) is 4.79 Å². The van der Waals surface area contributed by atoms with Crippen molar-refractivity contribution < 1.29 is 23.8 Å². The monoisotopic (exact) mass is 397 g/mol. The maximum atomic E-state index is 12.2. The van der Waals surface area contributed by atoms with Gasteiger partial charge in [-0.05, 0) is 47.5 Å². The van der Waals surface area contributed by atoms with Crippen LogP contribution in [0.2, 0.25) is 0 Å². The number of benzene rings is 1. The molecule has 130 valence electrons. The van der Waals surface area contributed by atoms with Gasteiger partial charge in [0.2, 0.25) is 5.91 Å². The Labute approximate surface area is 149 Å². The van der Waals surface area contributed by atoms with E-state index in [2.05, 4.69) is 21.2 Å². The molecule has 2 rings (SSSR count). The normalized spacial score (nSPS) is 17.4. The molecule has 1 unspecified atom stereocenters. The highest BCUT2D eigenvalue weighted by molar-refractivity contribution is 9.10. The maximum Gasteiger partial charge on any atom is 0.336 e. The molecule has 0 radical (unpaired) electrons. The minimum atomic E-state index is -0.456. The first-order chi connectivity index (χ1) is 11.4. The second kappa shape index (κ2) is 7.70. The van der Waals surface area contributed by atoms with Crippen LogP contribution in [-0.2, 0) is 14.3 Å². The van der Waals surface area contributed by atoms with Gasteiger partial charge in [0.1, 0.15) is 0 Å². The van der Waals surface area contributed by atoms with E-state index < -0.39 is 11.9 Å². The fraction of sp³-hybridized carbons (Fsp3) is 0.412. The van der Waals surface area contributed by atoms with Crippen molar-refractivity contribution in [2.75, 3.05) is 20.8 Å². The topological polar surface area (TPSA) is 73.9 Å². The van der Waals surface area contributed by atoms with Crippen molar-refractivity contribution in [1.29, 1.82) is 0 Å². The molecule has 24 heavy (non-hydrogen) atoms. The predicted octanol–water partition coefficient (Wildman–Crippen LogP) is 2.91. The van der Waals surface area contributed by atoms with Crippen LogP contribution in [-0.4, -0.2) is 32.7 Å². The summed E-state index contributed by atoms with van der Waals surface area (Å²) in [6, 6.07) is 3.63. The molecule has 0 saturated carbocycles. The largest absolute Gasteiger partial charge is 0.492 e. The Morgan fingerprint density at radius 1 is 1.38 bits per heavy atom. The standard InChI is InChI=1S/C17H20BrNO5/c1-5-24-13-7-10(6-12(18)16(13)22-3)11-8-14(20)19-9(2)15(11)17(21)23-4/h6-7,11H,5,8H2,1-4H3,(H,19,20). The van der Waals surface area contributed by atoms with Crippen molar-refractivity contribution in [3.05, 3.63) is 33.4 Å². The number of hydrogen-bond donors (Lipinski definition) is 1. The molecule has 1 N–H and O–H groups in total. The summed E-state index contributed by atoms with van der Waals surface area (Å²) in [5, 5.41) is 2.69. The van der Waals surface area contributed by atoms with Gasteiger partial charge in [-0.3, -0.25) is 4.79 Å². The molecule has 1 heterocycles. The number of ether oxygens (including phenoxy) is 3. The zero-order valence-electron chi connectivity index (χ0n) is 14.1. The minimum Gasteiger partial charge on any atom is -0.492 e. The number of nitrogens with one attached hydrogen (secondary N) is 1. The molecule has 0 fully saturated rings. The van der Waals surface area contributed by atoms with Gasteiger partial charge in [0.25, 0.3) is 0 Å². The molecule has 1 aliphatic rings. The smallest absolute Gasteiger partial charge is 0.336 e. The van der Waals surface area contributed by atoms with Gasteiger partial charge in [0, 0.05) is 18.0 Å². The number of allylic oxidation sites excluding steroid dienone is 1. The predicted molar refractivity (Wildman–Crippen MR) is 92.1 cm³/mol. The lowest BCUT2D eigenvalue weighted by Crippen LogP contribution is -2.34. The molecule has 1 atom stereocenters. The summed E-state index contributed by atoms with van der Waals surface area (Å²) in [5.41, 5.74) is 1.73. The highest BCUT2D eigenvalue weighted by atomic mass is 79.9. The van der Waals surface area contributed by atoms with Gasteiger partial charge in [-0.1, -0.05) is 0 Å². The number of carbonyl (C=O) groups is 2. The zero-order valence-corrected chi connectivity index (χ0v) is 15.7. The van der Waals surface area contributed by atoms with Crippen LogP contribution < -0.4 is 14.8 Å². The zero-order chi connectivity index (χ0) is 17.9. The number of rotatable bonds is 5. The van der Waals surface area contributed by atoms with Crippen LogP contribution in [0.3, 0.4) is 0 Å². The van der Waals surface area contributed by atoms with Crippen molar-refractivity contribution in [1.82, 2.24) is 5.32 Å². The van der Waals surface area contributed by atoms with Crippen molar-refractivity contribution in [3.63, 3.8) is 0 Å². The average Bonchev–Trinajstić information content (AvgIpc) is 2.53. The molecule has 0 saturated heterocycles. The first-order valence-corrected chi connectivity index (χ1v) is 8.31. The number of carbonyl (C=O) groups excluding carboxylic acids is 2. The second-order valence-corrected chi connectivity index (χ2v) is 6.16. The fourth-order valence-corrected chi connectivity index (χ4v) is 3.44. The summed E-state index contributed by atoms with van der Waals surface area (Å²) < 4.78 is 16.6. The number of hydrogen-bond acceptors (Lipinski definition) is 5. The van der Waals surface area contributed by atoms with E-state index in [0.717, 1.165) is 5.56 Å². The first-order valence-electron chi connectivity index (χ1n) is 7.52. The number of amides is 1. The van der Waals surface area contributed by atoms with Crippen LogP contribution >= 0.6 is 15.9 Å².